The molecule has 4 aromatic heterocycles. The van der Waals surface area contributed by atoms with Crippen LogP contribution in [-0.4, -0.2) is 51.0 Å². The van der Waals surface area contributed by atoms with Gasteiger partial charge in [-0.25, -0.2) is 15.0 Å². The highest BCUT2D eigenvalue weighted by Crippen LogP contribution is 2.36. The molecular weight excluding hydrogens is 536 g/mol. The lowest BCUT2D eigenvalue weighted by Gasteiger charge is -2.37. The zero-order valence-corrected chi connectivity index (χ0v) is 23.6. The first-order chi connectivity index (χ1) is 18.7. The third kappa shape index (κ3) is 5.48. The van der Waals surface area contributed by atoms with Crippen molar-refractivity contribution in [2.24, 2.45) is 11.3 Å². The van der Waals surface area contributed by atoms with Gasteiger partial charge >= 0.3 is 0 Å². The number of nitrogens with zero attached hydrogens (tertiary/aromatic N) is 7. The van der Waals surface area contributed by atoms with Crippen molar-refractivity contribution in [1.82, 2.24) is 24.9 Å². The van der Waals surface area contributed by atoms with Gasteiger partial charge in [0.05, 0.1) is 36.6 Å². The molecule has 5 heterocycles. The van der Waals surface area contributed by atoms with Crippen LogP contribution in [0.25, 0.3) is 21.6 Å². The van der Waals surface area contributed by atoms with Crippen LogP contribution < -0.4 is 15.0 Å². The number of aryl methyl sites for hydroxylation is 1. The van der Waals surface area contributed by atoms with Crippen molar-refractivity contribution < 1.29 is 9.53 Å². The number of ether oxygens (including phenoxy) is 1. The number of nitriles is 1. The summed E-state index contributed by atoms with van der Waals surface area (Å²) in [5, 5.41) is 13.0. The topological polar surface area (TPSA) is 130 Å². The van der Waals surface area contributed by atoms with Gasteiger partial charge < -0.3 is 9.64 Å². The van der Waals surface area contributed by atoms with Crippen molar-refractivity contribution >= 4 is 50.3 Å². The average Bonchev–Trinajstić information content (AvgIpc) is 3.34. The van der Waals surface area contributed by atoms with Gasteiger partial charge in [-0.05, 0) is 51.7 Å². The van der Waals surface area contributed by atoms with E-state index in [2.05, 4.69) is 36.2 Å². The van der Waals surface area contributed by atoms with Crippen LogP contribution in [-0.2, 0) is 0 Å². The Kier molecular flexibility index (Phi) is 7.34. The van der Waals surface area contributed by atoms with Crippen molar-refractivity contribution in [1.29, 1.82) is 5.26 Å². The van der Waals surface area contributed by atoms with E-state index in [1.807, 2.05) is 20.8 Å². The Bertz CT molecular complexity index is 1590. The first-order valence-corrected chi connectivity index (χ1v) is 13.7. The molecule has 1 N–H and O–H groups in total. The summed E-state index contributed by atoms with van der Waals surface area (Å²) in [5.41, 5.74) is 2.44. The van der Waals surface area contributed by atoms with E-state index in [9.17, 15) is 10.1 Å². The molecule has 0 radical (unpaired) electrons. The summed E-state index contributed by atoms with van der Waals surface area (Å²) in [7, 11) is 1.53. The molecule has 0 bridgehead atoms. The van der Waals surface area contributed by atoms with E-state index in [1.165, 1.54) is 30.8 Å². The Morgan fingerprint density at radius 1 is 1.15 bits per heavy atom. The normalized spacial score (nSPS) is 14.3. The number of hydrogen-bond donors (Lipinski definition) is 1. The summed E-state index contributed by atoms with van der Waals surface area (Å²) in [6.07, 6.45) is 6.59. The lowest BCUT2D eigenvalue weighted by Crippen LogP contribution is -2.38. The first kappa shape index (κ1) is 26.7. The van der Waals surface area contributed by atoms with Crippen LogP contribution in [0.2, 0.25) is 5.15 Å². The highest BCUT2D eigenvalue weighted by atomic mass is 35.5. The molecule has 1 saturated heterocycles. The van der Waals surface area contributed by atoms with E-state index in [1.54, 1.807) is 18.3 Å². The number of anilines is 2. The molecule has 0 saturated carbocycles. The van der Waals surface area contributed by atoms with Crippen molar-refractivity contribution in [3.63, 3.8) is 0 Å². The molecule has 200 valence electrons. The minimum atomic E-state index is -0.381. The van der Waals surface area contributed by atoms with Crippen LogP contribution in [0.1, 0.15) is 42.7 Å². The SMILES string of the molecule is COc1cnc(Cl)cc1-c1cc(C)ncc1C(=O)Nc1nc2ncc(N3CCC(C(C)(C)C#N)CC3)nc2s1. The smallest absolute Gasteiger partial charge is 0.259 e. The summed E-state index contributed by atoms with van der Waals surface area (Å²) in [6.45, 7) is 7.47. The van der Waals surface area contributed by atoms with Gasteiger partial charge in [0.1, 0.15) is 16.7 Å². The van der Waals surface area contributed by atoms with Crippen LogP contribution in [0.15, 0.2) is 30.7 Å². The number of nitrogens with one attached hydrogen (secondary N) is 1. The van der Waals surface area contributed by atoms with E-state index >= 15 is 0 Å². The molecule has 0 atom stereocenters. The lowest BCUT2D eigenvalue weighted by molar-refractivity contribution is 0.102. The number of piperidine rings is 1. The molecule has 0 aliphatic carbocycles. The summed E-state index contributed by atoms with van der Waals surface area (Å²) >= 11 is 7.41. The van der Waals surface area contributed by atoms with Gasteiger partial charge in [0.2, 0.25) is 0 Å². The van der Waals surface area contributed by atoms with Gasteiger partial charge in [0, 0.05) is 36.1 Å². The maximum atomic E-state index is 13.4. The average molecular weight is 563 g/mol. The number of hydrogen-bond acceptors (Lipinski definition) is 10. The first-order valence-electron chi connectivity index (χ1n) is 12.5. The molecule has 1 fully saturated rings. The number of aromatic nitrogens is 5. The van der Waals surface area contributed by atoms with Crippen molar-refractivity contribution in [3.8, 4) is 22.9 Å². The Hall–Kier alpha value is -3.88. The molecule has 10 nitrogen and oxygen atoms in total. The molecule has 12 heteroatoms. The maximum absolute atomic E-state index is 13.4. The van der Waals surface area contributed by atoms with Gasteiger partial charge in [0.25, 0.3) is 5.91 Å². The standard InChI is InChI=1S/C27H27ClN8O2S/c1-15-9-17(18-10-21(28)31-12-20(18)38-4)19(11-30-15)24(37)35-26-34-23-25(39-26)33-22(13-32-23)36-7-5-16(6-8-36)27(2,3)14-29/h9-13,16H,5-8H2,1-4H3,(H,32,34,35,37). The highest BCUT2D eigenvalue weighted by molar-refractivity contribution is 7.21. The molecule has 39 heavy (non-hydrogen) atoms. The number of pyridine rings is 2. The molecule has 0 unspecified atom stereocenters. The Morgan fingerprint density at radius 3 is 2.64 bits per heavy atom. The lowest BCUT2D eigenvalue weighted by atomic mass is 9.75. The Labute approximate surface area is 235 Å². The Morgan fingerprint density at radius 2 is 1.92 bits per heavy atom. The summed E-state index contributed by atoms with van der Waals surface area (Å²) in [5.74, 6) is 1.23. The molecular formula is C27H27ClN8O2S. The predicted octanol–water partition coefficient (Wildman–Crippen LogP) is 5.53. The number of rotatable bonds is 6. The van der Waals surface area contributed by atoms with E-state index in [0.717, 1.165) is 37.4 Å². The maximum Gasteiger partial charge on any atom is 0.259 e. The van der Waals surface area contributed by atoms with Gasteiger partial charge in [-0.15, -0.1) is 0 Å². The fourth-order valence-electron chi connectivity index (χ4n) is 4.76. The fraction of sp³-hybridized carbons (Fsp3) is 0.370. The van der Waals surface area contributed by atoms with Crippen LogP contribution in [0.5, 0.6) is 5.75 Å². The molecule has 0 spiro atoms. The van der Waals surface area contributed by atoms with Gasteiger partial charge in [-0.2, -0.15) is 10.2 Å². The van der Waals surface area contributed by atoms with E-state index in [-0.39, 0.29) is 16.5 Å². The molecule has 1 aliphatic rings. The third-order valence-corrected chi connectivity index (χ3v) is 8.15. The number of methoxy groups -OCH3 is 1. The zero-order valence-electron chi connectivity index (χ0n) is 22.0. The molecule has 1 aliphatic heterocycles. The summed E-state index contributed by atoms with van der Waals surface area (Å²) in [6, 6.07) is 5.90. The second-order valence-electron chi connectivity index (χ2n) is 10.0. The minimum Gasteiger partial charge on any atom is -0.494 e. The number of amides is 1. The van der Waals surface area contributed by atoms with Crippen LogP contribution in [0, 0.1) is 29.6 Å². The van der Waals surface area contributed by atoms with E-state index < -0.39 is 0 Å². The van der Waals surface area contributed by atoms with Gasteiger partial charge in [-0.1, -0.05) is 22.9 Å². The van der Waals surface area contributed by atoms with Crippen molar-refractivity contribution in [3.05, 3.63) is 47.1 Å². The van der Waals surface area contributed by atoms with Crippen molar-refractivity contribution in [2.45, 2.75) is 33.6 Å². The van der Waals surface area contributed by atoms with E-state index in [0.29, 0.717) is 44.0 Å². The van der Waals surface area contributed by atoms with Crippen LogP contribution in [0.3, 0.4) is 0 Å². The second kappa shape index (κ2) is 10.7. The number of halogens is 1. The quantitative estimate of drug-likeness (QED) is 0.301. The number of carbonyl (C=O) groups is 1. The monoisotopic (exact) mass is 562 g/mol. The molecule has 4 aromatic rings. The number of thiazole rings is 1. The van der Waals surface area contributed by atoms with Gasteiger partial charge in [-0.3, -0.25) is 15.1 Å². The second-order valence-corrected chi connectivity index (χ2v) is 11.4. The van der Waals surface area contributed by atoms with E-state index in [4.69, 9.17) is 21.3 Å². The highest BCUT2D eigenvalue weighted by Gasteiger charge is 2.33. The fourth-order valence-corrected chi connectivity index (χ4v) is 5.70. The third-order valence-electron chi connectivity index (χ3n) is 7.09. The van der Waals surface area contributed by atoms with Gasteiger partial charge in [0.15, 0.2) is 15.6 Å². The summed E-state index contributed by atoms with van der Waals surface area (Å²) < 4.78 is 5.46. The number of carbonyl (C=O) groups excluding carboxylic acids is 1. The minimum absolute atomic E-state index is 0.281. The van der Waals surface area contributed by atoms with Crippen molar-refractivity contribution in [2.75, 3.05) is 30.4 Å². The Balaban J connectivity index is 1.37. The zero-order chi connectivity index (χ0) is 27.7. The molecule has 5 rings (SSSR count). The predicted molar refractivity (Wildman–Crippen MR) is 151 cm³/mol. The van der Waals surface area contributed by atoms with Crippen LogP contribution >= 0.6 is 22.9 Å². The number of fused-ring (bicyclic) bond motifs is 1. The molecule has 1 amide bonds. The largest absolute Gasteiger partial charge is 0.494 e. The molecule has 0 aromatic carbocycles. The van der Waals surface area contributed by atoms with Crippen LogP contribution in [0.4, 0.5) is 10.9 Å². The summed E-state index contributed by atoms with van der Waals surface area (Å²) in [4.78, 5) is 38.3.